The summed E-state index contributed by atoms with van der Waals surface area (Å²) in [7, 11) is 0. The van der Waals surface area contributed by atoms with Gasteiger partial charge in [0.25, 0.3) is 5.91 Å². The molecule has 1 aliphatic heterocycles. The molecular formula is C20H17N3O3. The van der Waals surface area contributed by atoms with Crippen molar-refractivity contribution < 1.29 is 14.3 Å². The summed E-state index contributed by atoms with van der Waals surface area (Å²) in [6.45, 7) is 2.43. The van der Waals surface area contributed by atoms with Crippen LogP contribution in [0.3, 0.4) is 0 Å². The van der Waals surface area contributed by atoms with Gasteiger partial charge in [0, 0.05) is 18.3 Å². The van der Waals surface area contributed by atoms with Crippen LogP contribution in [0.5, 0.6) is 11.5 Å². The maximum absolute atomic E-state index is 12.5. The van der Waals surface area contributed by atoms with Crippen LogP contribution < -0.4 is 14.8 Å². The van der Waals surface area contributed by atoms with E-state index in [1.165, 1.54) is 0 Å². The minimum atomic E-state index is -0.209. The van der Waals surface area contributed by atoms with Gasteiger partial charge in [0.05, 0.1) is 11.3 Å². The van der Waals surface area contributed by atoms with Crippen LogP contribution >= 0.6 is 0 Å². The Morgan fingerprint density at radius 2 is 1.92 bits per heavy atom. The van der Waals surface area contributed by atoms with E-state index in [4.69, 9.17) is 9.47 Å². The fourth-order valence-corrected chi connectivity index (χ4v) is 2.74. The highest BCUT2D eigenvalue weighted by Crippen LogP contribution is 2.32. The molecule has 0 aliphatic carbocycles. The van der Waals surface area contributed by atoms with Crippen molar-refractivity contribution in [2.24, 2.45) is 0 Å². The highest BCUT2D eigenvalue weighted by Gasteiger charge is 2.15. The zero-order valence-electron chi connectivity index (χ0n) is 14.2. The molecule has 0 atom stereocenters. The molecule has 0 spiro atoms. The topological polar surface area (TPSA) is 73.3 Å². The Bertz CT molecular complexity index is 958. The first kappa shape index (κ1) is 16.1. The third-order valence-electron chi connectivity index (χ3n) is 4.15. The van der Waals surface area contributed by atoms with Crippen molar-refractivity contribution >= 4 is 5.91 Å². The second-order valence-electron chi connectivity index (χ2n) is 5.93. The van der Waals surface area contributed by atoms with Gasteiger partial charge < -0.3 is 14.8 Å². The maximum atomic E-state index is 12.5. The molecule has 0 radical (unpaired) electrons. The van der Waals surface area contributed by atoms with Crippen molar-refractivity contribution in [1.82, 2.24) is 15.3 Å². The molecule has 4 rings (SSSR count). The van der Waals surface area contributed by atoms with E-state index in [1.54, 1.807) is 6.20 Å². The number of carbonyl (C=O) groups is 1. The lowest BCUT2D eigenvalue weighted by atomic mass is 10.1. The van der Waals surface area contributed by atoms with E-state index >= 15 is 0 Å². The van der Waals surface area contributed by atoms with E-state index in [9.17, 15) is 4.79 Å². The Hall–Kier alpha value is -3.41. The van der Waals surface area contributed by atoms with Crippen molar-refractivity contribution in [3.05, 3.63) is 71.5 Å². The standard InChI is InChI=1S/C20H17N3O3/c1-13-16(11-21-19(23-13)15-5-3-2-4-6-15)20(24)22-10-14-7-8-17-18(9-14)26-12-25-17/h2-9,11H,10,12H2,1H3,(H,22,24). The lowest BCUT2D eigenvalue weighted by Crippen LogP contribution is -2.24. The first-order chi connectivity index (χ1) is 12.7. The smallest absolute Gasteiger partial charge is 0.254 e. The number of rotatable bonds is 4. The van der Waals surface area contributed by atoms with Gasteiger partial charge in [-0.1, -0.05) is 36.4 Å². The average molecular weight is 347 g/mol. The minimum Gasteiger partial charge on any atom is -0.454 e. The van der Waals surface area contributed by atoms with Crippen LogP contribution in [0, 0.1) is 6.92 Å². The van der Waals surface area contributed by atoms with Gasteiger partial charge >= 0.3 is 0 Å². The highest BCUT2D eigenvalue weighted by molar-refractivity contribution is 5.95. The molecule has 2 aromatic carbocycles. The number of aromatic nitrogens is 2. The van der Waals surface area contributed by atoms with Crippen LogP contribution in [0.4, 0.5) is 0 Å². The number of hydrogen-bond donors (Lipinski definition) is 1. The summed E-state index contributed by atoms with van der Waals surface area (Å²) in [6, 6.07) is 15.3. The molecule has 1 N–H and O–H groups in total. The molecule has 3 aromatic rings. The number of nitrogens with zero attached hydrogens (tertiary/aromatic N) is 2. The molecule has 26 heavy (non-hydrogen) atoms. The number of benzene rings is 2. The van der Waals surface area contributed by atoms with E-state index in [2.05, 4.69) is 15.3 Å². The third-order valence-corrected chi connectivity index (χ3v) is 4.15. The van der Waals surface area contributed by atoms with Gasteiger partial charge in [-0.2, -0.15) is 0 Å². The number of fused-ring (bicyclic) bond motifs is 1. The summed E-state index contributed by atoms with van der Waals surface area (Å²) in [4.78, 5) is 21.3. The molecule has 0 unspecified atom stereocenters. The van der Waals surface area contributed by atoms with Crippen LogP contribution in [-0.2, 0) is 6.54 Å². The minimum absolute atomic E-state index is 0.209. The Balaban J connectivity index is 1.46. The maximum Gasteiger partial charge on any atom is 0.254 e. The van der Waals surface area contributed by atoms with Crippen LogP contribution in [0.2, 0.25) is 0 Å². The highest BCUT2D eigenvalue weighted by atomic mass is 16.7. The van der Waals surface area contributed by atoms with Gasteiger partial charge in [-0.15, -0.1) is 0 Å². The molecule has 1 aliphatic rings. The van der Waals surface area contributed by atoms with Gasteiger partial charge in [0.2, 0.25) is 6.79 Å². The average Bonchev–Trinajstić information content (AvgIpc) is 3.14. The molecule has 130 valence electrons. The molecule has 6 nitrogen and oxygen atoms in total. The fourth-order valence-electron chi connectivity index (χ4n) is 2.74. The van der Waals surface area contributed by atoms with E-state index in [0.29, 0.717) is 29.4 Å². The van der Waals surface area contributed by atoms with E-state index < -0.39 is 0 Å². The molecule has 6 heteroatoms. The van der Waals surface area contributed by atoms with Crippen LogP contribution in [0.25, 0.3) is 11.4 Å². The summed E-state index contributed by atoms with van der Waals surface area (Å²) in [5.74, 6) is 1.82. The SMILES string of the molecule is Cc1nc(-c2ccccc2)ncc1C(=O)NCc1ccc2c(c1)OCO2. The summed E-state index contributed by atoms with van der Waals surface area (Å²) in [5, 5.41) is 2.89. The predicted octanol–water partition coefficient (Wildman–Crippen LogP) is 3.11. The van der Waals surface area contributed by atoms with E-state index in [1.807, 2.05) is 55.5 Å². The Kier molecular flexibility index (Phi) is 4.23. The molecule has 1 aromatic heterocycles. The van der Waals surface area contributed by atoms with Crippen molar-refractivity contribution in [3.63, 3.8) is 0 Å². The van der Waals surface area contributed by atoms with Crippen molar-refractivity contribution in [2.45, 2.75) is 13.5 Å². The lowest BCUT2D eigenvalue weighted by molar-refractivity contribution is 0.0949. The predicted molar refractivity (Wildman–Crippen MR) is 95.9 cm³/mol. The van der Waals surface area contributed by atoms with Crippen LogP contribution in [0.1, 0.15) is 21.6 Å². The number of aryl methyl sites for hydroxylation is 1. The van der Waals surface area contributed by atoms with Crippen molar-refractivity contribution in [1.29, 1.82) is 0 Å². The summed E-state index contributed by atoms with van der Waals surface area (Å²) in [5.41, 5.74) is 2.96. The number of carbonyl (C=O) groups excluding carboxylic acids is 1. The fraction of sp³-hybridized carbons (Fsp3) is 0.150. The Morgan fingerprint density at radius 3 is 2.73 bits per heavy atom. The monoisotopic (exact) mass is 347 g/mol. The van der Waals surface area contributed by atoms with E-state index in [-0.39, 0.29) is 12.7 Å². The van der Waals surface area contributed by atoms with Gasteiger partial charge in [-0.25, -0.2) is 9.97 Å². The molecular weight excluding hydrogens is 330 g/mol. The normalized spacial score (nSPS) is 12.0. The summed E-state index contributed by atoms with van der Waals surface area (Å²) >= 11 is 0. The van der Waals surface area contributed by atoms with Gasteiger partial charge in [-0.3, -0.25) is 4.79 Å². The molecule has 0 bridgehead atoms. The Morgan fingerprint density at radius 1 is 1.12 bits per heavy atom. The molecule has 2 heterocycles. The molecule has 0 saturated heterocycles. The number of ether oxygens (including phenoxy) is 2. The third kappa shape index (κ3) is 3.21. The summed E-state index contributed by atoms with van der Waals surface area (Å²) in [6.07, 6.45) is 1.57. The number of nitrogens with one attached hydrogen (secondary N) is 1. The molecule has 0 saturated carbocycles. The van der Waals surface area contributed by atoms with Crippen LogP contribution in [0.15, 0.2) is 54.7 Å². The first-order valence-corrected chi connectivity index (χ1v) is 8.26. The lowest BCUT2D eigenvalue weighted by Gasteiger charge is -2.09. The van der Waals surface area contributed by atoms with Gasteiger partial charge in [-0.05, 0) is 24.6 Å². The van der Waals surface area contributed by atoms with Crippen molar-refractivity contribution in [2.75, 3.05) is 6.79 Å². The quantitative estimate of drug-likeness (QED) is 0.785. The summed E-state index contributed by atoms with van der Waals surface area (Å²) < 4.78 is 10.6. The number of amides is 1. The Labute approximate surface area is 150 Å². The van der Waals surface area contributed by atoms with Crippen molar-refractivity contribution in [3.8, 4) is 22.9 Å². The second kappa shape index (κ2) is 6.84. The van der Waals surface area contributed by atoms with Gasteiger partial charge in [0.15, 0.2) is 17.3 Å². The van der Waals surface area contributed by atoms with Gasteiger partial charge in [0.1, 0.15) is 0 Å². The molecule has 0 fully saturated rings. The largest absolute Gasteiger partial charge is 0.454 e. The molecule has 1 amide bonds. The van der Waals surface area contributed by atoms with E-state index in [0.717, 1.165) is 16.9 Å². The number of hydrogen-bond acceptors (Lipinski definition) is 5. The zero-order valence-corrected chi connectivity index (χ0v) is 14.2. The second-order valence-corrected chi connectivity index (χ2v) is 5.93. The zero-order chi connectivity index (χ0) is 17.9. The van der Waals surface area contributed by atoms with Crippen LogP contribution in [-0.4, -0.2) is 22.7 Å². The first-order valence-electron chi connectivity index (χ1n) is 8.26.